The van der Waals surface area contributed by atoms with Crippen molar-refractivity contribution in [2.75, 3.05) is 13.2 Å². The first-order chi connectivity index (χ1) is 26.9. The number of hydrogen-bond acceptors (Lipinski definition) is 6. The Labute approximate surface area is 342 Å². The van der Waals surface area contributed by atoms with Crippen molar-refractivity contribution in [3.05, 3.63) is 0 Å². The summed E-state index contributed by atoms with van der Waals surface area (Å²) in [5.41, 5.74) is 0. The van der Waals surface area contributed by atoms with Crippen molar-refractivity contribution in [1.29, 1.82) is 0 Å². The van der Waals surface area contributed by atoms with Crippen LogP contribution in [0.1, 0.15) is 272 Å². The third-order valence-electron chi connectivity index (χ3n) is 11.0. The van der Waals surface area contributed by atoms with Crippen LogP contribution in [0.3, 0.4) is 0 Å². The third kappa shape index (κ3) is 43.4. The number of carbonyl (C=O) groups is 3. The van der Waals surface area contributed by atoms with Crippen LogP contribution in [0.25, 0.3) is 0 Å². The highest BCUT2D eigenvalue weighted by molar-refractivity contribution is 5.71. The minimum Gasteiger partial charge on any atom is -0.462 e. The van der Waals surface area contributed by atoms with Crippen LogP contribution < -0.4 is 0 Å². The van der Waals surface area contributed by atoms with Gasteiger partial charge < -0.3 is 14.2 Å². The van der Waals surface area contributed by atoms with Crippen LogP contribution in [0.4, 0.5) is 0 Å². The maximum absolute atomic E-state index is 12.7. The van der Waals surface area contributed by atoms with Gasteiger partial charge in [-0.2, -0.15) is 0 Å². The van der Waals surface area contributed by atoms with Crippen LogP contribution in [0, 0.1) is 5.92 Å². The summed E-state index contributed by atoms with van der Waals surface area (Å²) in [5.74, 6) is -0.0928. The fourth-order valence-corrected chi connectivity index (χ4v) is 7.33. The number of ether oxygens (including phenoxy) is 3. The lowest BCUT2D eigenvalue weighted by molar-refractivity contribution is -0.167. The molecule has 0 saturated heterocycles. The minimum absolute atomic E-state index is 0.0642. The highest BCUT2D eigenvalue weighted by Crippen LogP contribution is 2.16. The Balaban J connectivity index is 4.21. The van der Waals surface area contributed by atoms with Crippen LogP contribution >= 0.6 is 0 Å². The highest BCUT2D eigenvalue weighted by atomic mass is 16.6. The predicted molar refractivity (Wildman–Crippen MR) is 233 cm³/mol. The molecule has 0 radical (unpaired) electrons. The van der Waals surface area contributed by atoms with Crippen molar-refractivity contribution in [3.63, 3.8) is 0 Å². The van der Waals surface area contributed by atoms with Gasteiger partial charge in [-0.05, 0) is 25.2 Å². The molecule has 0 heterocycles. The Morgan fingerprint density at radius 1 is 0.345 bits per heavy atom. The van der Waals surface area contributed by atoms with E-state index in [1.165, 1.54) is 167 Å². The monoisotopic (exact) mass is 779 g/mol. The molecule has 0 saturated carbocycles. The molecular weight excluding hydrogens is 685 g/mol. The Hall–Kier alpha value is -1.59. The molecule has 0 aliphatic carbocycles. The molecule has 0 amide bonds. The number of carbonyl (C=O) groups excluding carboxylic acids is 3. The molecule has 326 valence electrons. The molecule has 55 heavy (non-hydrogen) atoms. The van der Waals surface area contributed by atoms with Gasteiger partial charge in [-0.3, -0.25) is 14.4 Å². The Morgan fingerprint density at radius 3 is 0.891 bits per heavy atom. The largest absolute Gasteiger partial charge is 0.462 e. The SMILES string of the molecule is CCCCCCCCCCCCCCCCCCCCC(=O)OC[C@@H](COC(=O)CCCCCCCCC(C)C)OC(=O)CCCCCCCCCCCC. The van der Waals surface area contributed by atoms with E-state index in [0.29, 0.717) is 19.3 Å². The highest BCUT2D eigenvalue weighted by Gasteiger charge is 2.19. The molecule has 0 aromatic heterocycles. The molecule has 0 N–H and O–H groups in total. The molecule has 0 fully saturated rings. The fraction of sp³-hybridized carbons (Fsp3) is 0.939. The quantitative estimate of drug-likeness (QED) is 0.0348. The molecule has 0 spiro atoms. The van der Waals surface area contributed by atoms with Crippen LogP contribution in [-0.4, -0.2) is 37.2 Å². The lowest BCUT2D eigenvalue weighted by Gasteiger charge is -2.18. The van der Waals surface area contributed by atoms with Crippen LogP contribution in [0.2, 0.25) is 0 Å². The zero-order chi connectivity index (χ0) is 40.3. The van der Waals surface area contributed by atoms with E-state index >= 15 is 0 Å². The first kappa shape index (κ1) is 53.4. The molecule has 0 aromatic rings. The van der Waals surface area contributed by atoms with E-state index in [4.69, 9.17) is 14.2 Å². The van der Waals surface area contributed by atoms with Gasteiger partial charge in [-0.15, -0.1) is 0 Å². The van der Waals surface area contributed by atoms with Gasteiger partial charge in [0, 0.05) is 19.3 Å². The van der Waals surface area contributed by atoms with E-state index in [1.807, 2.05) is 0 Å². The Kier molecular flexibility index (Phi) is 42.3. The number of unbranched alkanes of at least 4 members (excludes halogenated alkanes) is 31. The summed E-state index contributed by atoms with van der Waals surface area (Å²) in [6, 6.07) is 0. The normalized spacial score (nSPS) is 11.9. The minimum atomic E-state index is -0.759. The molecule has 1 atom stereocenters. The molecule has 0 aliphatic rings. The van der Waals surface area contributed by atoms with Gasteiger partial charge in [0.2, 0.25) is 0 Å². The summed E-state index contributed by atoms with van der Waals surface area (Å²) < 4.78 is 16.7. The molecule has 6 heteroatoms. The number of esters is 3. The summed E-state index contributed by atoms with van der Waals surface area (Å²) >= 11 is 0. The van der Waals surface area contributed by atoms with Gasteiger partial charge in [-0.25, -0.2) is 0 Å². The molecule has 0 bridgehead atoms. The van der Waals surface area contributed by atoms with Gasteiger partial charge in [0.25, 0.3) is 0 Å². The van der Waals surface area contributed by atoms with E-state index in [9.17, 15) is 14.4 Å². The van der Waals surface area contributed by atoms with Crippen LogP contribution in [-0.2, 0) is 28.6 Å². The van der Waals surface area contributed by atoms with E-state index in [1.54, 1.807) is 0 Å². The van der Waals surface area contributed by atoms with Crippen molar-refractivity contribution >= 4 is 17.9 Å². The van der Waals surface area contributed by atoms with Gasteiger partial charge in [0.15, 0.2) is 6.10 Å². The topological polar surface area (TPSA) is 78.9 Å². The second-order valence-corrected chi connectivity index (χ2v) is 17.2. The molecule has 0 aromatic carbocycles. The first-order valence-corrected chi connectivity index (χ1v) is 24.4. The third-order valence-corrected chi connectivity index (χ3v) is 11.0. The Bertz CT molecular complexity index is 826. The molecule has 0 rings (SSSR count). The lowest BCUT2D eigenvalue weighted by atomic mass is 10.0. The standard InChI is InChI=1S/C49H94O6/c1-5-7-9-11-13-15-17-18-19-20-21-22-23-24-26-27-32-36-40-47(50)53-43-46(44-54-48(51)41-37-33-30-29-31-35-39-45(3)4)55-49(52)42-38-34-28-25-16-14-12-10-8-6-2/h45-46H,5-44H2,1-4H3/t46-/m0/s1. The van der Waals surface area contributed by atoms with Crippen molar-refractivity contribution in [1.82, 2.24) is 0 Å². The maximum Gasteiger partial charge on any atom is 0.306 e. The van der Waals surface area contributed by atoms with Crippen LogP contribution in [0.15, 0.2) is 0 Å². The second-order valence-electron chi connectivity index (χ2n) is 17.2. The summed E-state index contributed by atoms with van der Waals surface area (Å²) in [6.45, 7) is 8.93. The number of hydrogen-bond donors (Lipinski definition) is 0. The van der Waals surface area contributed by atoms with Gasteiger partial charge >= 0.3 is 17.9 Å². The van der Waals surface area contributed by atoms with Crippen molar-refractivity contribution in [2.45, 2.75) is 278 Å². The average Bonchev–Trinajstić information content (AvgIpc) is 3.17. The number of rotatable bonds is 44. The summed E-state index contributed by atoms with van der Waals surface area (Å²) in [4.78, 5) is 37.7. The van der Waals surface area contributed by atoms with Crippen molar-refractivity contribution < 1.29 is 28.6 Å². The summed E-state index contributed by atoms with van der Waals surface area (Å²) in [7, 11) is 0. The summed E-state index contributed by atoms with van der Waals surface area (Å²) in [5, 5.41) is 0. The molecule has 6 nitrogen and oxygen atoms in total. The molecule has 0 unspecified atom stereocenters. The molecular formula is C49H94O6. The maximum atomic E-state index is 12.7. The zero-order valence-electron chi connectivity index (χ0n) is 37.4. The lowest BCUT2D eigenvalue weighted by Crippen LogP contribution is -2.30. The van der Waals surface area contributed by atoms with E-state index in [2.05, 4.69) is 27.7 Å². The van der Waals surface area contributed by atoms with Gasteiger partial charge in [0.1, 0.15) is 13.2 Å². The Morgan fingerprint density at radius 2 is 0.600 bits per heavy atom. The van der Waals surface area contributed by atoms with E-state index in [-0.39, 0.29) is 31.1 Å². The first-order valence-electron chi connectivity index (χ1n) is 24.4. The van der Waals surface area contributed by atoms with Crippen LogP contribution in [0.5, 0.6) is 0 Å². The smallest absolute Gasteiger partial charge is 0.306 e. The fourth-order valence-electron chi connectivity index (χ4n) is 7.33. The van der Waals surface area contributed by atoms with Crippen molar-refractivity contribution in [3.8, 4) is 0 Å². The van der Waals surface area contributed by atoms with Crippen molar-refractivity contribution in [2.24, 2.45) is 5.92 Å². The predicted octanol–water partition coefficient (Wildman–Crippen LogP) is 15.5. The molecule has 0 aliphatic heterocycles. The summed E-state index contributed by atoms with van der Waals surface area (Å²) in [6.07, 6.45) is 43.9. The van der Waals surface area contributed by atoms with Gasteiger partial charge in [-0.1, -0.05) is 233 Å². The van der Waals surface area contributed by atoms with E-state index in [0.717, 1.165) is 63.7 Å². The van der Waals surface area contributed by atoms with Gasteiger partial charge in [0.05, 0.1) is 0 Å². The average molecular weight is 779 g/mol. The zero-order valence-corrected chi connectivity index (χ0v) is 37.4. The van der Waals surface area contributed by atoms with E-state index < -0.39 is 6.10 Å². The second kappa shape index (κ2) is 43.5.